The summed E-state index contributed by atoms with van der Waals surface area (Å²) in [5.41, 5.74) is 1.57. The Kier molecular flexibility index (Phi) is 11.3. The second-order valence-corrected chi connectivity index (χ2v) is 13.4. The van der Waals surface area contributed by atoms with E-state index in [0.29, 0.717) is 34.5 Å². The summed E-state index contributed by atoms with van der Waals surface area (Å²) < 4.78 is 19.8. The minimum absolute atomic E-state index is 0.0360. The van der Waals surface area contributed by atoms with Crippen molar-refractivity contribution in [3.8, 4) is 23.0 Å². The molecule has 15 heteroatoms. The number of likely N-dealkylation sites (tertiary alicyclic amines) is 2. The number of carbonyl (C=O) groups excluding carboxylic acids is 2. The number of ether oxygens (including phenoxy) is 1. The molecule has 0 aliphatic carbocycles. The van der Waals surface area contributed by atoms with Crippen LogP contribution in [0.25, 0.3) is 10.6 Å². The third-order valence-corrected chi connectivity index (χ3v) is 10.1. The molecule has 3 aliphatic heterocycles. The van der Waals surface area contributed by atoms with Crippen LogP contribution < -0.4 is 15.5 Å². The van der Waals surface area contributed by atoms with Crippen LogP contribution in [0.1, 0.15) is 33.4 Å². The van der Waals surface area contributed by atoms with E-state index in [1.54, 1.807) is 24.1 Å². The van der Waals surface area contributed by atoms with Crippen LogP contribution in [-0.4, -0.2) is 102 Å². The molecule has 3 saturated heterocycles. The maximum atomic E-state index is 14.5. The van der Waals surface area contributed by atoms with Gasteiger partial charge in [0.05, 0.1) is 54.2 Å². The number of β-amino-alcohol motifs (C(OH)–C–C–N with tert-alkyl or cyclic N) is 1. The molecule has 1 aromatic heterocycles. The molecule has 3 aromatic rings. The topological polar surface area (TPSA) is 158 Å². The number of aliphatic hydroxyl groups is 1. The predicted molar refractivity (Wildman–Crippen MR) is 179 cm³/mol. The molecule has 5 atom stereocenters. The van der Waals surface area contributed by atoms with Gasteiger partial charge in [0.1, 0.15) is 15.7 Å². The molecule has 0 bridgehead atoms. The summed E-state index contributed by atoms with van der Waals surface area (Å²) in [6.07, 6.45) is 5.86. The number of rotatable bonds is 7. The van der Waals surface area contributed by atoms with Crippen molar-refractivity contribution in [2.75, 3.05) is 51.3 Å². The molecule has 2 aromatic carbocycles. The van der Waals surface area contributed by atoms with Gasteiger partial charge in [-0.05, 0) is 36.6 Å². The molecule has 0 radical (unpaired) electrons. The molecule has 3 aliphatic rings. The number of thiazole rings is 1. The van der Waals surface area contributed by atoms with E-state index >= 15 is 0 Å². The van der Waals surface area contributed by atoms with E-state index in [4.69, 9.17) is 26.9 Å². The van der Waals surface area contributed by atoms with Crippen LogP contribution in [0.5, 0.6) is 0 Å². The van der Waals surface area contributed by atoms with Crippen LogP contribution >= 0.6 is 22.9 Å². The van der Waals surface area contributed by atoms with Crippen molar-refractivity contribution in [2.24, 2.45) is 5.92 Å². The van der Waals surface area contributed by atoms with Crippen molar-refractivity contribution in [1.82, 2.24) is 25.4 Å². The molecule has 0 unspecified atom stereocenters. The lowest BCUT2D eigenvalue weighted by Crippen LogP contribution is -2.42. The molecule has 2 amide bonds. The first-order chi connectivity index (χ1) is 23.1. The predicted octanol–water partition coefficient (Wildman–Crippen LogP) is 3.30. The van der Waals surface area contributed by atoms with Gasteiger partial charge in [0.25, 0.3) is 11.8 Å². The lowest BCUT2D eigenvalue weighted by molar-refractivity contribution is 0.0891. The highest BCUT2D eigenvalue weighted by atomic mass is 35.5. The van der Waals surface area contributed by atoms with Crippen LogP contribution in [0.2, 0.25) is 5.02 Å². The molecular formula is C33H36ClFN8O4S. The van der Waals surface area contributed by atoms with Gasteiger partial charge in [0, 0.05) is 44.5 Å². The molecule has 12 nitrogen and oxygen atoms in total. The molecular weight excluding hydrogens is 659 g/mol. The number of benzene rings is 2. The third-order valence-electron chi connectivity index (χ3n) is 8.69. The smallest absolute Gasteiger partial charge is 0.263 e. The number of aliphatic hydroxyl groups excluding tert-OH is 1. The molecule has 3 N–H and O–H groups in total. The number of aromatic nitrogens is 1. The van der Waals surface area contributed by atoms with Crippen LogP contribution in [0.3, 0.4) is 0 Å². The molecule has 4 heterocycles. The summed E-state index contributed by atoms with van der Waals surface area (Å²) in [5.74, 6) is -1.12. The van der Waals surface area contributed by atoms with E-state index in [2.05, 4.69) is 26.7 Å². The summed E-state index contributed by atoms with van der Waals surface area (Å²) >= 11 is 7.36. The van der Waals surface area contributed by atoms with Crippen LogP contribution in [-0.2, 0) is 4.74 Å². The fourth-order valence-corrected chi connectivity index (χ4v) is 7.05. The van der Waals surface area contributed by atoms with E-state index in [1.165, 1.54) is 34.6 Å². The Morgan fingerprint density at radius 2 is 1.75 bits per heavy atom. The number of methoxy groups -OCH3 is 1. The second kappa shape index (κ2) is 15.6. The van der Waals surface area contributed by atoms with Gasteiger partial charge in [-0.1, -0.05) is 36.7 Å². The van der Waals surface area contributed by atoms with E-state index < -0.39 is 23.9 Å². The van der Waals surface area contributed by atoms with Crippen LogP contribution in [0.15, 0.2) is 48.7 Å². The molecule has 0 spiro atoms. The zero-order valence-corrected chi connectivity index (χ0v) is 28.0. The lowest BCUT2D eigenvalue weighted by atomic mass is 10.1. The van der Waals surface area contributed by atoms with Gasteiger partial charge in [-0.15, -0.1) is 11.3 Å². The average Bonchev–Trinajstić information content (AvgIpc) is 3.89. The summed E-state index contributed by atoms with van der Waals surface area (Å²) in [4.78, 5) is 34.4. The van der Waals surface area contributed by atoms with Crippen molar-refractivity contribution < 1.29 is 23.8 Å². The minimum Gasteiger partial charge on any atom is -0.389 e. The fourth-order valence-electron chi connectivity index (χ4n) is 5.91. The van der Waals surface area contributed by atoms with E-state index in [-0.39, 0.29) is 36.1 Å². The van der Waals surface area contributed by atoms with E-state index in [1.807, 2.05) is 31.3 Å². The number of anilines is 1. The SMILES string of the molecule is CO[C@@H]1CCN(c2ccc(C(=O)N[C@H]3CN(C#N)C[C@@H]3C)c(F)c2)C1.N#CN1C[C@@H](O)[C@H](NC(=O)c2cnc(-c3ccccc3Cl)s2)C1. The molecule has 252 valence electrons. The molecule has 48 heavy (non-hydrogen) atoms. The zero-order chi connectivity index (χ0) is 34.4. The van der Waals surface area contributed by atoms with E-state index in [0.717, 1.165) is 30.8 Å². The zero-order valence-electron chi connectivity index (χ0n) is 26.5. The Morgan fingerprint density at radius 3 is 2.40 bits per heavy atom. The van der Waals surface area contributed by atoms with E-state index in [9.17, 15) is 19.1 Å². The molecule has 3 fully saturated rings. The highest BCUT2D eigenvalue weighted by Crippen LogP contribution is 2.31. The first kappa shape index (κ1) is 34.9. The maximum absolute atomic E-state index is 14.5. The van der Waals surface area contributed by atoms with Gasteiger partial charge in [-0.2, -0.15) is 10.5 Å². The fraction of sp³-hybridized carbons (Fsp3) is 0.424. The van der Waals surface area contributed by atoms with Crippen molar-refractivity contribution in [2.45, 2.75) is 37.6 Å². The number of amides is 2. The summed E-state index contributed by atoms with van der Waals surface area (Å²) in [6, 6.07) is 11.4. The quantitative estimate of drug-likeness (QED) is 0.314. The number of halogens is 2. The number of nitrogens with one attached hydrogen (secondary N) is 2. The van der Waals surface area contributed by atoms with Crippen LogP contribution in [0, 0.1) is 34.6 Å². The first-order valence-electron chi connectivity index (χ1n) is 15.5. The van der Waals surface area contributed by atoms with Gasteiger partial charge in [-0.25, -0.2) is 9.37 Å². The Bertz CT molecular complexity index is 1710. The van der Waals surface area contributed by atoms with Gasteiger partial charge in [-0.3, -0.25) is 9.59 Å². The lowest BCUT2D eigenvalue weighted by Gasteiger charge is -2.20. The number of nitrogens with zero attached hydrogens (tertiary/aromatic N) is 6. The summed E-state index contributed by atoms with van der Waals surface area (Å²) in [5, 5.41) is 34.5. The molecule has 0 saturated carbocycles. The maximum Gasteiger partial charge on any atom is 0.263 e. The van der Waals surface area contributed by atoms with Crippen LogP contribution in [0.4, 0.5) is 10.1 Å². The Balaban J connectivity index is 0.000000188. The Hall–Kier alpha value is -4.47. The normalized spacial score (nSPS) is 23.2. The highest BCUT2D eigenvalue weighted by Gasteiger charge is 2.33. The number of hydrogen-bond donors (Lipinski definition) is 3. The summed E-state index contributed by atoms with van der Waals surface area (Å²) in [7, 11) is 1.68. The third kappa shape index (κ3) is 8.14. The van der Waals surface area contributed by atoms with Crippen molar-refractivity contribution >= 4 is 40.4 Å². The van der Waals surface area contributed by atoms with Gasteiger partial charge >= 0.3 is 0 Å². The van der Waals surface area contributed by atoms with Gasteiger partial charge in [0.15, 0.2) is 12.4 Å². The van der Waals surface area contributed by atoms with Crippen molar-refractivity contribution in [3.63, 3.8) is 0 Å². The Labute approximate surface area is 287 Å². The highest BCUT2D eigenvalue weighted by molar-refractivity contribution is 7.17. The summed E-state index contributed by atoms with van der Waals surface area (Å²) in [6.45, 7) is 5.13. The van der Waals surface area contributed by atoms with Gasteiger partial charge in [0.2, 0.25) is 0 Å². The first-order valence-corrected chi connectivity index (χ1v) is 16.7. The van der Waals surface area contributed by atoms with Gasteiger partial charge < -0.3 is 35.2 Å². The molecule has 6 rings (SSSR count). The number of hydrogen-bond acceptors (Lipinski definition) is 11. The van der Waals surface area contributed by atoms with Crippen molar-refractivity contribution in [1.29, 1.82) is 10.5 Å². The largest absolute Gasteiger partial charge is 0.389 e. The standard InChI is InChI=1S/C18H23FN4O2.C15H13ClN4O2S/c1-12-8-22(11-20)10-17(12)21-18(24)15-4-3-13(7-16(15)19)23-6-5-14(9-23)25-2;16-10-4-2-1-3-9(10)15-18-5-13(23-15)14(22)19-11-6-20(8-17)7-12(11)21/h3-4,7,12,14,17H,5-6,8-10H2,1-2H3,(H,21,24);1-5,11-12,21H,6-7H2,(H,19,22)/t12-,14+,17-;11-,12-/m01/s1. The number of carbonyl (C=O) groups is 2. The van der Waals surface area contributed by atoms with Crippen molar-refractivity contribution in [3.05, 3.63) is 69.9 Å². The minimum atomic E-state index is -0.755. The Morgan fingerprint density at radius 1 is 1.04 bits per heavy atom. The second-order valence-electron chi connectivity index (χ2n) is 12.0. The average molecular weight is 695 g/mol. The number of nitriles is 2. The monoisotopic (exact) mass is 694 g/mol.